The molecule has 2 saturated heterocycles. The van der Waals surface area contributed by atoms with E-state index in [1.807, 2.05) is 12.2 Å². The van der Waals surface area contributed by atoms with Gasteiger partial charge in [0, 0.05) is 5.56 Å². The van der Waals surface area contributed by atoms with Crippen LogP contribution in [0.25, 0.3) is 0 Å². The lowest BCUT2D eigenvalue weighted by Crippen LogP contribution is -2.62. The third-order valence-electron chi connectivity index (χ3n) is 6.70. The van der Waals surface area contributed by atoms with E-state index in [1.54, 1.807) is 6.92 Å². The molecule has 1 aromatic carbocycles. The molecule has 0 radical (unpaired) electrons. The van der Waals surface area contributed by atoms with Gasteiger partial charge >= 0.3 is 0 Å². The number of ether oxygens (including phenoxy) is 2. The molecule has 0 spiro atoms. The van der Waals surface area contributed by atoms with Crippen LogP contribution < -0.4 is 0 Å². The number of halogens is 1. The number of hydrogen-bond donors (Lipinski definition) is 1. The Morgan fingerprint density at radius 2 is 1.79 bits per heavy atom. The molecule has 5 atom stereocenters. The molecular formula is C22H19FN4O2. The zero-order chi connectivity index (χ0) is 20.9. The highest BCUT2D eigenvalue weighted by atomic mass is 19.1. The Hall–Kier alpha value is -3.21. The van der Waals surface area contributed by atoms with E-state index in [0.29, 0.717) is 18.4 Å². The van der Waals surface area contributed by atoms with E-state index in [4.69, 9.17) is 14.9 Å². The molecule has 0 amide bonds. The summed E-state index contributed by atoms with van der Waals surface area (Å²) in [6.45, 7) is 1.65. The summed E-state index contributed by atoms with van der Waals surface area (Å²) in [6, 6.07) is 11.7. The van der Waals surface area contributed by atoms with Gasteiger partial charge in [-0.25, -0.2) is 4.39 Å². The lowest BCUT2D eigenvalue weighted by atomic mass is 9.52. The second kappa shape index (κ2) is 6.41. The van der Waals surface area contributed by atoms with Crippen LogP contribution in [0, 0.1) is 67.9 Å². The Morgan fingerprint density at radius 1 is 1.10 bits per heavy atom. The van der Waals surface area contributed by atoms with Crippen LogP contribution in [-0.4, -0.2) is 12.0 Å². The van der Waals surface area contributed by atoms with Gasteiger partial charge in [0.25, 0.3) is 0 Å². The Bertz CT molecular complexity index is 1000. The number of nitriles is 3. The Balaban J connectivity index is 1.97. The molecule has 146 valence electrons. The van der Waals surface area contributed by atoms with Crippen molar-refractivity contribution in [2.75, 3.05) is 0 Å². The van der Waals surface area contributed by atoms with E-state index in [-0.39, 0.29) is 5.92 Å². The number of benzene rings is 1. The van der Waals surface area contributed by atoms with Crippen molar-refractivity contribution < 1.29 is 13.9 Å². The van der Waals surface area contributed by atoms with Crippen molar-refractivity contribution in [3.8, 4) is 18.2 Å². The first kappa shape index (κ1) is 19.1. The number of rotatable bonds is 2. The molecule has 1 aliphatic carbocycles. The van der Waals surface area contributed by atoms with Crippen LogP contribution in [0.15, 0.2) is 36.4 Å². The van der Waals surface area contributed by atoms with Crippen molar-refractivity contribution in [1.82, 2.24) is 0 Å². The summed E-state index contributed by atoms with van der Waals surface area (Å²) in [5, 5.41) is 39.1. The molecule has 2 aliphatic heterocycles. The monoisotopic (exact) mass is 390 g/mol. The van der Waals surface area contributed by atoms with Gasteiger partial charge in [-0.1, -0.05) is 19.1 Å². The van der Waals surface area contributed by atoms with Crippen LogP contribution in [-0.2, 0) is 15.3 Å². The highest BCUT2D eigenvalue weighted by Crippen LogP contribution is 2.66. The summed E-state index contributed by atoms with van der Waals surface area (Å²) in [5.74, 6) is -3.44. The first-order valence-corrected chi connectivity index (χ1v) is 9.52. The smallest absolute Gasteiger partial charge is 0.243 e. The lowest BCUT2D eigenvalue weighted by molar-refractivity contribution is -0.296. The average molecular weight is 390 g/mol. The Morgan fingerprint density at radius 3 is 2.34 bits per heavy atom. The van der Waals surface area contributed by atoms with Gasteiger partial charge in [-0.2, -0.15) is 15.8 Å². The topological polar surface area (TPSA) is 114 Å². The van der Waals surface area contributed by atoms with Crippen molar-refractivity contribution in [2.45, 2.75) is 38.1 Å². The van der Waals surface area contributed by atoms with Gasteiger partial charge in [-0.15, -0.1) is 0 Å². The van der Waals surface area contributed by atoms with Gasteiger partial charge in [0.2, 0.25) is 11.7 Å². The van der Waals surface area contributed by atoms with E-state index in [0.717, 1.165) is 6.42 Å². The van der Waals surface area contributed by atoms with Crippen LogP contribution in [0.1, 0.15) is 31.7 Å². The molecule has 5 unspecified atom stereocenters. The summed E-state index contributed by atoms with van der Waals surface area (Å²) >= 11 is 0. The molecule has 1 aromatic rings. The fourth-order valence-corrected chi connectivity index (χ4v) is 5.12. The fourth-order valence-electron chi connectivity index (χ4n) is 5.12. The Kier molecular flexibility index (Phi) is 4.23. The minimum Gasteiger partial charge on any atom is -0.443 e. The van der Waals surface area contributed by atoms with Gasteiger partial charge in [-0.3, -0.25) is 5.41 Å². The van der Waals surface area contributed by atoms with Crippen molar-refractivity contribution >= 4 is 5.90 Å². The molecule has 2 heterocycles. The molecule has 2 fully saturated rings. The maximum Gasteiger partial charge on any atom is 0.243 e. The summed E-state index contributed by atoms with van der Waals surface area (Å²) in [6.07, 6.45) is 5.13. The average Bonchev–Trinajstić information content (AvgIpc) is 2.91. The van der Waals surface area contributed by atoms with Crippen LogP contribution in [0.5, 0.6) is 0 Å². The summed E-state index contributed by atoms with van der Waals surface area (Å²) < 4.78 is 25.8. The molecule has 6 nitrogen and oxygen atoms in total. The predicted molar refractivity (Wildman–Crippen MR) is 99.1 cm³/mol. The Labute approximate surface area is 168 Å². The second-order valence-electron chi connectivity index (χ2n) is 7.86. The van der Waals surface area contributed by atoms with Gasteiger partial charge < -0.3 is 9.47 Å². The van der Waals surface area contributed by atoms with Crippen LogP contribution in [0.4, 0.5) is 4.39 Å². The molecule has 4 rings (SSSR count). The van der Waals surface area contributed by atoms with Crippen molar-refractivity contribution in [2.24, 2.45) is 22.7 Å². The SMILES string of the molecule is CC1C2(c3ccc(F)cc3)OC(=N)C1(C#N)C(C#N)(C#N)C(C1CC=CCC1)O2. The highest BCUT2D eigenvalue weighted by molar-refractivity contribution is 5.89. The molecule has 0 aromatic heterocycles. The fraction of sp³-hybridized carbons (Fsp3) is 0.455. The van der Waals surface area contributed by atoms with Gasteiger partial charge in [0.1, 0.15) is 5.82 Å². The van der Waals surface area contributed by atoms with Gasteiger partial charge in [-0.05, 0) is 49.4 Å². The van der Waals surface area contributed by atoms with E-state index in [9.17, 15) is 20.2 Å². The van der Waals surface area contributed by atoms with Crippen LogP contribution in [0.2, 0.25) is 0 Å². The summed E-state index contributed by atoms with van der Waals surface area (Å²) in [7, 11) is 0. The van der Waals surface area contributed by atoms with E-state index in [1.165, 1.54) is 24.3 Å². The number of nitrogens with zero attached hydrogens (tertiary/aromatic N) is 3. The summed E-state index contributed by atoms with van der Waals surface area (Å²) in [4.78, 5) is 0. The molecule has 29 heavy (non-hydrogen) atoms. The minimum absolute atomic E-state index is 0.186. The zero-order valence-corrected chi connectivity index (χ0v) is 15.9. The zero-order valence-electron chi connectivity index (χ0n) is 15.9. The molecule has 1 N–H and O–H groups in total. The third kappa shape index (κ3) is 2.18. The molecule has 2 bridgehead atoms. The lowest BCUT2D eigenvalue weighted by Gasteiger charge is -2.51. The third-order valence-corrected chi connectivity index (χ3v) is 6.70. The minimum atomic E-state index is -1.89. The maximum absolute atomic E-state index is 13.5. The number of fused-ring (bicyclic) bond motifs is 2. The first-order chi connectivity index (χ1) is 13.9. The maximum atomic E-state index is 13.5. The van der Waals surface area contributed by atoms with Gasteiger partial charge in [0.05, 0.1) is 30.2 Å². The number of allylic oxidation sites excluding steroid dienone is 2. The largest absolute Gasteiger partial charge is 0.443 e. The molecule has 0 saturated carbocycles. The van der Waals surface area contributed by atoms with Crippen molar-refractivity contribution in [1.29, 1.82) is 21.2 Å². The van der Waals surface area contributed by atoms with E-state index >= 15 is 0 Å². The molecule has 3 aliphatic rings. The van der Waals surface area contributed by atoms with Crippen LogP contribution >= 0.6 is 0 Å². The summed E-state index contributed by atoms with van der Waals surface area (Å²) in [5.41, 5.74) is -3.24. The van der Waals surface area contributed by atoms with E-state index in [2.05, 4.69) is 18.2 Å². The molecule has 7 heteroatoms. The van der Waals surface area contributed by atoms with Crippen molar-refractivity contribution in [3.05, 3.63) is 47.8 Å². The van der Waals surface area contributed by atoms with Crippen molar-refractivity contribution in [3.63, 3.8) is 0 Å². The normalized spacial score (nSPS) is 37.1. The van der Waals surface area contributed by atoms with Crippen LogP contribution in [0.3, 0.4) is 0 Å². The second-order valence-corrected chi connectivity index (χ2v) is 7.86. The molecular weight excluding hydrogens is 371 g/mol. The standard InChI is InChI=1S/C22H19FN4O2/c1-14-21(13-26)19(27)29-22(14,16-7-9-17(23)10-8-16)28-18(20(21,11-24)12-25)15-5-3-2-4-6-15/h2-3,7-10,14-15,18,27H,4-6H2,1H3. The predicted octanol–water partition coefficient (Wildman–Crippen LogP) is 3.92. The number of hydrogen-bond acceptors (Lipinski definition) is 6. The highest BCUT2D eigenvalue weighted by Gasteiger charge is 2.80. The van der Waals surface area contributed by atoms with E-state index < -0.39 is 40.4 Å². The number of nitrogens with one attached hydrogen (secondary N) is 1. The van der Waals surface area contributed by atoms with Gasteiger partial charge in [0.15, 0.2) is 10.8 Å². The first-order valence-electron chi connectivity index (χ1n) is 9.52. The quantitative estimate of drug-likeness (QED) is 0.769.